The van der Waals surface area contributed by atoms with Crippen LogP contribution in [0.3, 0.4) is 0 Å². The number of benzene rings is 1. The molecular weight excluding hydrogens is 226 g/mol. The largest absolute Gasteiger partial charge is 0.396 e. The van der Waals surface area contributed by atoms with Crippen LogP contribution in [0.4, 0.5) is 0 Å². The van der Waals surface area contributed by atoms with E-state index in [1.807, 2.05) is 30.3 Å². The van der Waals surface area contributed by atoms with Crippen LogP contribution in [0.15, 0.2) is 30.3 Å². The Morgan fingerprint density at radius 3 is 2.24 bits per heavy atom. The molecule has 1 aromatic carbocycles. The third-order valence-corrected chi connectivity index (χ3v) is 3.92. The lowest BCUT2D eigenvalue weighted by Crippen LogP contribution is -2.41. The number of hydrogen-bond donors (Lipinski definition) is 0. The van der Waals surface area contributed by atoms with Crippen LogP contribution in [0, 0.1) is 17.2 Å². The van der Waals surface area contributed by atoms with Crippen LogP contribution in [-0.4, -0.2) is 8.32 Å². The van der Waals surface area contributed by atoms with Crippen molar-refractivity contribution in [3.63, 3.8) is 0 Å². The quantitative estimate of drug-likeness (QED) is 0.758. The second-order valence-corrected chi connectivity index (χ2v) is 10.1. The Bertz CT molecular complexity index is 428. The van der Waals surface area contributed by atoms with Gasteiger partial charge in [0.2, 0.25) is 0 Å². The first kappa shape index (κ1) is 12.3. The minimum absolute atomic E-state index is 0.377. The molecule has 1 aromatic rings. The highest BCUT2D eigenvalue weighted by atomic mass is 28.4. The van der Waals surface area contributed by atoms with E-state index in [4.69, 9.17) is 4.43 Å². The highest BCUT2D eigenvalue weighted by Gasteiger charge is 2.50. The number of nitrogens with zero attached hydrogens (tertiary/aromatic N) is 1. The molecule has 1 aliphatic rings. The zero-order valence-electron chi connectivity index (χ0n) is 10.7. The van der Waals surface area contributed by atoms with Crippen molar-refractivity contribution < 1.29 is 4.43 Å². The van der Waals surface area contributed by atoms with Crippen LogP contribution in [0.5, 0.6) is 0 Å². The third-order valence-electron chi connectivity index (χ3n) is 2.99. The van der Waals surface area contributed by atoms with E-state index in [0.29, 0.717) is 5.92 Å². The second kappa shape index (κ2) is 4.28. The minimum atomic E-state index is -1.74. The maximum Gasteiger partial charge on any atom is 0.186 e. The SMILES string of the molecule is C[Si](C)(C)OC(C#N)(c1ccccc1)C1CC1. The molecule has 0 spiro atoms. The van der Waals surface area contributed by atoms with Crippen molar-refractivity contribution in [2.24, 2.45) is 5.92 Å². The van der Waals surface area contributed by atoms with E-state index in [1.165, 1.54) is 0 Å². The monoisotopic (exact) mass is 245 g/mol. The maximum atomic E-state index is 9.65. The number of hydrogen-bond acceptors (Lipinski definition) is 2. The Morgan fingerprint density at radius 1 is 1.24 bits per heavy atom. The molecule has 1 unspecified atom stereocenters. The molecule has 0 aromatic heterocycles. The second-order valence-electron chi connectivity index (χ2n) is 5.70. The van der Waals surface area contributed by atoms with Crippen molar-refractivity contribution >= 4 is 8.32 Å². The van der Waals surface area contributed by atoms with Crippen LogP contribution in [0.25, 0.3) is 0 Å². The molecular formula is C14H19NOSi. The Kier molecular flexibility index (Phi) is 3.11. The lowest BCUT2D eigenvalue weighted by molar-refractivity contribution is 0.0940. The average molecular weight is 245 g/mol. The Balaban J connectivity index is 2.41. The Labute approximate surface area is 104 Å². The fraction of sp³-hybridized carbons (Fsp3) is 0.500. The molecule has 0 radical (unpaired) electrons. The lowest BCUT2D eigenvalue weighted by Gasteiger charge is -2.34. The molecule has 0 amide bonds. The van der Waals surface area contributed by atoms with Gasteiger partial charge in [0.15, 0.2) is 13.9 Å². The summed E-state index contributed by atoms with van der Waals surface area (Å²) in [5.41, 5.74) is 0.318. The zero-order valence-corrected chi connectivity index (χ0v) is 11.7. The van der Waals surface area contributed by atoms with Crippen LogP contribution in [-0.2, 0) is 10.0 Å². The van der Waals surface area contributed by atoms with Gasteiger partial charge in [0.05, 0.1) is 0 Å². The highest BCUT2D eigenvalue weighted by Crippen LogP contribution is 2.49. The highest BCUT2D eigenvalue weighted by molar-refractivity contribution is 6.69. The summed E-state index contributed by atoms with van der Waals surface area (Å²) < 4.78 is 6.26. The van der Waals surface area contributed by atoms with Crippen molar-refractivity contribution in [2.45, 2.75) is 38.1 Å². The summed E-state index contributed by atoms with van der Waals surface area (Å²) in [6.07, 6.45) is 2.21. The van der Waals surface area contributed by atoms with E-state index in [1.54, 1.807) is 0 Å². The molecule has 0 heterocycles. The molecule has 0 aliphatic heterocycles. The topological polar surface area (TPSA) is 33.0 Å². The first-order valence-electron chi connectivity index (χ1n) is 6.15. The van der Waals surface area contributed by atoms with Gasteiger partial charge in [0.1, 0.15) is 6.07 Å². The van der Waals surface area contributed by atoms with Gasteiger partial charge in [-0.25, -0.2) is 0 Å². The van der Waals surface area contributed by atoms with Crippen LogP contribution in [0.2, 0.25) is 19.6 Å². The van der Waals surface area contributed by atoms with Crippen molar-refractivity contribution in [3.05, 3.63) is 35.9 Å². The molecule has 0 N–H and O–H groups in total. The summed E-state index contributed by atoms with van der Waals surface area (Å²) in [6.45, 7) is 6.43. The van der Waals surface area contributed by atoms with Crippen molar-refractivity contribution in [3.8, 4) is 6.07 Å². The van der Waals surface area contributed by atoms with E-state index in [-0.39, 0.29) is 0 Å². The van der Waals surface area contributed by atoms with Gasteiger partial charge in [-0.05, 0) is 38.0 Å². The van der Waals surface area contributed by atoms with Gasteiger partial charge in [-0.3, -0.25) is 0 Å². The predicted molar refractivity (Wildman–Crippen MR) is 70.9 cm³/mol. The molecule has 2 rings (SSSR count). The van der Waals surface area contributed by atoms with Gasteiger partial charge in [-0.15, -0.1) is 0 Å². The third kappa shape index (κ3) is 2.59. The molecule has 1 saturated carbocycles. The molecule has 17 heavy (non-hydrogen) atoms. The first-order chi connectivity index (χ1) is 7.98. The number of rotatable bonds is 4. The fourth-order valence-electron chi connectivity index (χ4n) is 2.22. The molecule has 90 valence electrons. The summed E-state index contributed by atoms with van der Waals surface area (Å²) in [5, 5.41) is 9.65. The van der Waals surface area contributed by atoms with Crippen LogP contribution in [0.1, 0.15) is 18.4 Å². The van der Waals surface area contributed by atoms with Crippen molar-refractivity contribution in [1.29, 1.82) is 5.26 Å². The molecule has 2 nitrogen and oxygen atoms in total. The Hall–Kier alpha value is -1.11. The summed E-state index contributed by atoms with van der Waals surface area (Å²) in [5.74, 6) is 0.377. The molecule has 1 atom stereocenters. The van der Waals surface area contributed by atoms with Gasteiger partial charge in [0.25, 0.3) is 0 Å². The number of nitriles is 1. The average Bonchev–Trinajstić information content (AvgIpc) is 3.10. The summed E-state index contributed by atoms with van der Waals surface area (Å²) in [6, 6.07) is 12.4. The molecule has 0 saturated heterocycles. The Morgan fingerprint density at radius 2 is 1.82 bits per heavy atom. The predicted octanol–water partition coefficient (Wildman–Crippen LogP) is 3.67. The zero-order chi connectivity index (χ0) is 12.5. The van der Waals surface area contributed by atoms with Crippen molar-refractivity contribution in [1.82, 2.24) is 0 Å². The molecule has 0 bridgehead atoms. The van der Waals surface area contributed by atoms with Crippen LogP contribution < -0.4 is 0 Å². The van der Waals surface area contributed by atoms with Crippen LogP contribution >= 0.6 is 0 Å². The van der Waals surface area contributed by atoms with Crippen molar-refractivity contribution in [2.75, 3.05) is 0 Å². The summed E-state index contributed by atoms with van der Waals surface area (Å²) in [7, 11) is -1.74. The first-order valence-corrected chi connectivity index (χ1v) is 9.56. The van der Waals surface area contributed by atoms with E-state index in [9.17, 15) is 5.26 Å². The molecule has 1 fully saturated rings. The van der Waals surface area contributed by atoms with Gasteiger partial charge in [0, 0.05) is 5.92 Å². The van der Waals surface area contributed by atoms with Gasteiger partial charge < -0.3 is 4.43 Å². The van der Waals surface area contributed by atoms with Gasteiger partial charge in [-0.2, -0.15) is 5.26 Å². The van der Waals surface area contributed by atoms with Gasteiger partial charge >= 0.3 is 0 Å². The summed E-state index contributed by atoms with van der Waals surface area (Å²) >= 11 is 0. The molecule has 1 aliphatic carbocycles. The van der Waals surface area contributed by atoms with E-state index in [2.05, 4.69) is 25.7 Å². The normalized spacial score (nSPS) is 19.4. The van der Waals surface area contributed by atoms with Gasteiger partial charge in [-0.1, -0.05) is 30.3 Å². The maximum absolute atomic E-state index is 9.65. The van der Waals surface area contributed by atoms with E-state index >= 15 is 0 Å². The minimum Gasteiger partial charge on any atom is -0.396 e. The van der Waals surface area contributed by atoms with E-state index < -0.39 is 13.9 Å². The molecule has 3 heteroatoms. The smallest absolute Gasteiger partial charge is 0.186 e. The summed E-state index contributed by atoms with van der Waals surface area (Å²) in [4.78, 5) is 0. The van der Waals surface area contributed by atoms with E-state index in [0.717, 1.165) is 18.4 Å². The standard InChI is InChI=1S/C14H19NOSi/c1-17(2,3)16-14(11-15,13-9-10-13)12-7-5-4-6-8-12/h4-8,13H,9-10H2,1-3H3. The fourth-order valence-corrected chi connectivity index (χ4v) is 3.51. The lowest BCUT2D eigenvalue weighted by atomic mass is 9.90.